The fourth-order valence-electron chi connectivity index (χ4n) is 1.78. The molecule has 0 saturated carbocycles. The van der Waals surface area contributed by atoms with Gasteiger partial charge >= 0.3 is 5.97 Å². The molecule has 2 aromatic heterocycles. The van der Waals surface area contributed by atoms with Crippen molar-refractivity contribution < 1.29 is 9.53 Å². The number of rotatable bonds is 6. The van der Waals surface area contributed by atoms with Crippen LogP contribution >= 0.6 is 11.3 Å². The van der Waals surface area contributed by atoms with Crippen LogP contribution in [0, 0.1) is 13.8 Å². The van der Waals surface area contributed by atoms with E-state index in [-0.39, 0.29) is 5.97 Å². The third kappa shape index (κ3) is 3.57. The number of carbonyl (C=O) groups excluding carboxylic acids is 1. The summed E-state index contributed by atoms with van der Waals surface area (Å²) >= 11 is 1.51. The highest BCUT2D eigenvalue weighted by molar-refractivity contribution is 7.13. The number of thiazole rings is 1. The summed E-state index contributed by atoms with van der Waals surface area (Å²) in [4.78, 5) is 15.8. The number of aromatic nitrogens is 3. The van der Waals surface area contributed by atoms with Gasteiger partial charge in [0.15, 0.2) is 5.13 Å². The molecule has 108 valence electrons. The van der Waals surface area contributed by atoms with E-state index < -0.39 is 0 Å². The van der Waals surface area contributed by atoms with Crippen LogP contribution in [0.1, 0.15) is 30.4 Å². The van der Waals surface area contributed by atoms with Crippen LogP contribution in [0.25, 0.3) is 0 Å². The van der Waals surface area contributed by atoms with Crippen molar-refractivity contribution in [3.05, 3.63) is 22.5 Å². The molecule has 0 aliphatic rings. The number of nitrogens with zero attached hydrogens (tertiary/aromatic N) is 2. The average Bonchev–Trinajstić information content (AvgIpc) is 2.99. The molecule has 0 aromatic carbocycles. The predicted molar refractivity (Wildman–Crippen MR) is 78.4 cm³/mol. The lowest BCUT2D eigenvalue weighted by molar-refractivity contribution is -0.143. The molecule has 0 fully saturated rings. The van der Waals surface area contributed by atoms with Gasteiger partial charge in [-0.3, -0.25) is 9.89 Å². The van der Waals surface area contributed by atoms with Crippen molar-refractivity contribution >= 4 is 28.1 Å². The SMILES string of the molecule is CCOC(=O)CCc1csc(Nc2c(C)n[nH]c2C)n1. The smallest absolute Gasteiger partial charge is 0.306 e. The first-order valence-corrected chi connectivity index (χ1v) is 7.36. The topological polar surface area (TPSA) is 79.9 Å². The van der Waals surface area contributed by atoms with E-state index in [1.165, 1.54) is 11.3 Å². The molecule has 6 nitrogen and oxygen atoms in total. The second-order valence-electron chi connectivity index (χ2n) is 4.38. The van der Waals surface area contributed by atoms with Crippen LogP contribution in [-0.2, 0) is 16.0 Å². The molecule has 0 unspecified atom stereocenters. The Morgan fingerprint density at radius 2 is 2.30 bits per heavy atom. The molecule has 0 aliphatic heterocycles. The Kier molecular flexibility index (Phi) is 4.73. The van der Waals surface area contributed by atoms with Crippen LogP contribution in [0.5, 0.6) is 0 Å². The Labute approximate surface area is 121 Å². The maximum atomic E-state index is 11.3. The highest BCUT2D eigenvalue weighted by Gasteiger charge is 2.10. The summed E-state index contributed by atoms with van der Waals surface area (Å²) in [5.41, 5.74) is 3.73. The summed E-state index contributed by atoms with van der Waals surface area (Å²) in [6, 6.07) is 0. The van der Waals surface area contributed by atoms with Crippen molar-refractivity contribution in [2.24, 2.45) is 0 Å². The number of esters is 1. The van der Waals surface area contributed by atoms with Gasteiger partial charge in [-0.05, 0) is 20.8 Å². The van der Waals surface area contributed by atoms with Crippen LogP contribution in [-0.4, -0.2) is 27.8 Å². The van der Waals surface area contributed by atoms with E-state index in [4.69, 9.17) is 4.74 Å². The first-order valence-electron chi connectivity index (χ1n) is 6.48. The number of nitrogens with one attached hydrogen (secondary N) is 2. The standard InChI is InChI=1S/C13H18N4O2S/c1-4-19-11(18)6-5-10-7-20-13(14-10)15-12-8(2)16-17-9(12)3/h7H,4-6H2,1-3H3,(H,14,15)(H,16,17). The number of hydrogen-bond acceptors (Lipinski definition) is 6. The zero-order valence-electron chi connectivity index (χ0n) is 11.8. The lowest BCUT2D eigenvalue weighted by atomic mass is 10.2. The maximum absolute atomic E-state index is 11.3. The van der Waals surface area contributed by atoms with Gasteiger partial charge in [0.25, 0.3) is 0 Å². The Morgan fingerprint density at radius 1 is 1.50 bits per heavy atom. The average molecular weight is 294 g/mol. The van der Waals surface area contributed by atoms with E-state index in [1.54, 1.807) is 6.92 Å². The van der Waals surface area contributed by atoms with Crippen molar-refractivity contribution in [1.29, 1.82) is 0 Å². The van der Waals surface area contributed by atoms with Crippen molar-refractivity contribution in [2.45, 2.75) is 33.6 Å². The van der Waals surface area contributed by atoms with Gasteiger partial charge < -0.3 is 10.1 Å². The Morgan fingerprint density at radius 3 is 2.95 bits per heavy atom. The Hall–Kier alpha value is -1.89. The first-order chi connectivity index (χ1) is 9.60. The van der Waals surface area contributed by atoms with E-state index in [1.807, 2.05) is 19.2 Å². The number of H-pyrrole nitrogens is 1. The van der Waals surface area contributed by atoms with Gasteiger partial charge in [0.05, 0.1) is 35.8 Å². The number of ether oxygens (including phenoxy) is 1. The summed E-state index contributed by atoms with van der Waals surface area (Å²) in [5, 5.41) is 13.1. The minimum atomic E-state index is -0.184. The lowest BCUT2D eigenvalue weighted by Gasteiger charge is -2.02. The Balaban J connectivity index is 1.94. The first kappa shape index (κ1) is 14.5. The summed E-state index contributed by atoms with van der Waals surface area (Å²) in [5.74, 6) is -0.184. The van der Waals surface area contributed by atoms with E-state index in [0.29, 0.717) is 19.4 Å². The lowest BCUT2D eigenvalue weighted by Crippen LogP contribution is -2.05. The van der Waals surface area contributed by atoms with Gasteiger partial charge in [-0.25, -0.2) is 4.98 Å². The molecule has 0 amide bonds. The monoisotopic (exact) mass is 294 g/mol. The minimum Gasteiger partial charge on any atom is -0.466 e. The fourth-order valence-corrected chi connectivity index (χ4v) is 2.53. The minimum absolute atomic E-state index is 0.184. The summed E-state index contributed by atoms with van der Waals surface area (Å²) < 4.78 is 4.90. The zero-order valence-corrected chi connectivity index (χ0v) is 12.6. The number of carbonyl (C=O) groups is 1. The molecular formula is C13H18N4O2S. The van der Waals surface area contributed by atoms with Gasteiger partial charge in [0.1, 0.15) is 0 Å². The molecular weight excluding hydrogens is 276 g/mol. The largest absolute Gasteiger partial charge is 0.466 e. The zero-order chi connectivity index (χ0) is 14.5. The highest BCUT2D eigenvalue weighted by atomic mass is 32.1. The maximum Gasteiger partial charge on any atom is 0.306 e. The summed E-state index contributed by atoms with van der Waals surface area (Å²) in [6.45, 7) is 6.11. The van der Waals surface area contributed by atoms with Gasteiger partial charge in [-0.2, -0.15) is 5.10 Å². The number of aromatic amines is 1. The van der Waals surface area contributed by atoms with Crippen LogP contribution in [0.4, 0.5) is 10.8 Å². The molecule has 0 spiro atoms. The molecule has 0 aliphatic carbocycles. The van der Waals surface area contributed by atoms with Crippen molar-refractivity contribution in [2.75, 3.05) is 11.9 Å². The van der Waals surface area contributed by atoms with Crippen LogP contribution in [0.15, 0.2) is 5.38 Å². The number of aryl methyl sites for hydroxylation is 3. The fraction of sp³-hybridized carbons (Fsp3) is 0.462. The van der Waals surface area contributed by atoms with Crippen LogP contribution < -0.4 is 5.32 Å². The van der Waals surface area contributed by atoms with Crippen molar-refractivity contribution in [3.63, 3.8) is 0 Å². The van der Waals surface area contributed by atoms with E-state index in [2.05, 4.69) is 20.5 Å². The third-order valence-electron chi connectivity index (χ3n) is 2.80. The molecule has 0 saturated heterocycles. The van der Waals surface area contributed by atoms with Crippen molar-refractivity contribution in [3.8, 4) is 0 Å². The third-order valence-corrected chi connectivity index (χ3v) is 3.61. The van der Waals surface area contributed by atoms with E-state index in [0.717, 1.165) is 27.9 Å². The number of anilines is 2. The van der Waals surface area contributed by atoms with E-state index in [9.17, 15) is 4.79 Å². The predicted octanol–water partition coefficient (Wildman–Crippen LogP) is 2.72. The molecule has 2 N–H and O–H groups in total. The van der Waals surface area contributed by atoms with Gasteiger partial charge in [-0.15, -0.1) is 11.3 Å². The quantitative estimate of drug-likeness (QED) is 0.801. The van der Waals surface area contributed by atoms with Gasteiger partial charge in [0.2, 0.25) is 0 Å². The summed E-state index contributed by atoms with van der Waals surface area (Å²) in [6.07, 6.45) is 0.959. The molecule has 2 heterocycles. The molecule has 2 aromatic rings. The van der Waals surface area contributed by atoms with Gasteiger partial charge in [-0.1, -0.05) is 0 Å². The molecule has 20 heavy (non-hydrogen) atoms. The summed E-state index contributed by atoms with van der Waals surface area (Å²) in [7, 11) is 0. The molecule has 0 atom stereocenters. The van der Waals surface area contributed by atoms with Crippen molar-refractivity contribution in [1.82, 2.24) is 15.2 Å². The normalized spacial score (nSPS) is 10.6. The van der Waals surface area contributed by atoms with Gasteiger partial charge in [0, 0.05) is 11.8 Å². The Bertz CT molecular complexity index is 571. The highest BCUT2D eigenvalue weighted by Crippen LogP contribution is 2.25. The molecule has 0 radical (unpaired) electrons. The number of hydrogen-bond donors (Lipinski definition) is 2. The molecule has 7 heteroatoms. The van der Waals surface area contributed by atoms with E-state index >= 15 is 0 Å². The molecule has 0 bridgehead atoms. The molecule has 2 rings (SSSR count). The van der Waals surface area contributed by atoms with Crippen LogP contribution in [0.3, 0.4) is 0 Å². The van der Waals surface area contributed by atoms with Crippen LogP contribution in [0.2, 0.25) is 0 Å². The second kappa shape index (κ2) is 6.51. The second-order valence-corrected chi connectivity index (χ2v) is 5.24.